The van der Waals surface area contributed by atoms with Gasteiger partial charge >= 0.3 is 5.97 Å². The van der Waals surface area contributed by atoms with Crippen molar-refractivity contribution in [1.29, 1.82) is 0 Å². The smallest absolute Gasteiger partial charge is 0.305 e. The van der Waals surface area contributed by atoms with Crippen molar-refractivity contribution in [2.45, 2.75) is 38.5 Å². The molecule has 4 heteroatoms. The molecule has 1 N–H and O–H groups in total. The Morgan fingerprint density at radius 1 is 1.09 bits per heavy atom. The van der Waals surface area contributed by atoms with Crippen LogP contribution in [0.3, 0.4) is 0 Å². The minimum atomic E-state index is -0.172. The number of hydrogen-bond acceptors (Lipinski definition) is 3. The molecular formula is C18H25NO3. The van der Waals surface area contributed by atoms with Gasteiger partial charge in [-0.15, -0.1) is 0 Å². The van der Waals surface area contributed by atoms with E-state index in [4.69, 9.17) is 0 Å². The lowest BCUT2D eigenvalue weighted by molar-refractivity contribution is -0.140. The quantitative estimate of drug-likeness (QED) is 0.533. The fourth-order valence-electron chi connectivity index (χ4n) is 1.99. The van der Waals surface area contributed by atoms with E-state index in [1.54, 1.807) is 0 Å². The third-order valence-corrected chi connectivity index (χ3v) is 3.26. The molecule has 0 spiro atoms. The van der Waals surface area contributed by atoms with Crippen LogP contribution >= 0.6 is 0 Å². The summed E-state index contributed by atoms with van der Waals surface area (Å²) in [7, 11) is 1.40. The molecule has 0 aliphatic heterocycles. The molecule has 1 aromatic carbocycles. The lowest BCUT2D eigenvalue weighted by Gasteiger charge is -2.04. The van der Waals surface area contributed by atoms with Crippen LogP contribution in [0.25, 0.3) is 6.08 Å². The van der Waals surface area contributed by atoms with E-state index >= 15 is 0 Å². The van der Waals surface area contributed by atoms with Gasteiger partial charge < -0.3 is 10.1 Å². The summed E-state index contributed by atoms with van der Waals surface area (Å²) in [6.45, 7) is 0.669. The molecule has 1 aromatic rings. The number of hydrogen-bond donors (Lipinski definition) is 1. The molecule has 0 heterocycles. The Morgan fingerprint density at radius 3 is 2.59 bits per heavy atom. The molecule has 120 valence electrons. The molecule has 0 unspecified atom stereocenters. The minimum Gasteiger partial charge on any atom is -0.469 e. The van der Waals surface area contributed by atoms with Gasteiger partial charge in [0.25, 0.3) is 0 Å². The number of carbonyl (C=O) groups excluding carboxylic acids is 2. The molecule has 22 heavy (non-hydrogen) atoms. The van der Waals surface area contributed by atoms with Gasteiger partial charge in [-0.3, -0.25) is 9.59 Å². The van der Waals surface area contributed by atoms with Gasteiger partial charge in [-0.25, -0.2) is 0 Å². The van der Waals surface area contributed by atoms with E-state index in [1.165, 1.54) is 7.11 Å². The number of benzene rings is 1. The molecule has 0 aliphatic carbocycles. The van der Waals surface area contributed by atoms with Crippen LogP contribution in [-0.4, -0.2) is 25.5 Å². The van der Waals surface area contributed by atoms with Gasteiger partial charge in [0.1, 0.15) is 0 Å². The predicted octanol–water partition coefficient (Wildman–Crippen LogP) is 3.33. The van der Waals surface area contributed by atoms with Gasteiger partial charge in [-0.1, -0.05) is 48.9 Å². The number of unbranched alkanes of at least 4 members (excludes halogenated alkanes) is 2. The Morgan fingerprint density at radius 2 is 1.86 bits per heavy atom. The minimum absolute atomic E-state index is 0.0747. The van der Waals surface area contributed by atoms with E-state index in [2.05, 4.69) is 10.1 Å². The topological polar surface area (TPSA) is 55.4 Å². The first-order valence-electron chi connectivity index (χ1n) is 7.77. The summed E-state index contributed by atoms with van der Waals surface area (Å²) in [5.41, 5.74) is 1.15. The van der Waals surface area contributed by atoms with Crippen molar-refractivity contribution in [3.8, 4) is 0 Å². The zero-order chi connectivity index (χ0) is 16.0. The van der Waals surface area contributed by atoms with E-state index < -0.39 is 0 Å². The summed E-state index contributed by atoms with van der Waals surface area (Å²) in [5, 5.41) is 2.89. The summed E-state index contributed by atoms with van der Waals surface area (Å²) in [4.78, 5) is 22.5. The van der Waals surface area contributed by atoms with Gasteiger partial charge in [0.05, 0.1) is 7.11 Å². The molecule has 0 atom stereocenters. The number of rotatable bonds is 10. The maximum Gasteiger partial charge on any atom is 0.305 e. The summed E-state index contributed by atoms with van der Waals surface area (Å²) in [6.07, 6.45) is 8.36. The van der Waals surface area contributed by atoms with Crippen LogP contribution in [-0.2, 0) is 14.3 Å². The van der Waals surface area contributed by atoms with E-state index in [-0.39, 0.29) is 11.9 Å². The molecule has 1 amide bonds. The van der Waals surface area contributed by atoms with Crippen molar-refractivity contribution in [2.75, 3.05) is 13.7 Å². The Kier molecular flexibility index (Phi) is 9.42. The van der Waals surface area contributed by atoms with Crippen LogP contribution in [0.15, 0.2) is 36.4 Å². The van der Waals surface area contributed by atoms with Gasteiger partial charge in [0.15, 0.2) is 0 Å². The highest BCUT2D eigenvalue weighted by Crippen LogP contribution is 2.03. The van der Waals surface area contributed by atoms with Crippen molar-refractivity contribution in [3.63, 3.8) is 0 Å². The van der Waals surface area contributed by atoms with Crippen LogP contribution in [0.5, 0.6) is 0 Å². The van der Waals surface area contributed by atoms with Crippen molar-refractivity contribution >= 4 is 18.0 Å². The van der Waals surface area contributed by atoms with E-state index in [0.717, 1.165) is 31.2 Å². The second-order valence-electron chi connectivity index (χ2n) is 5.09. The first-order chi connectivity index (χ1) is 10.7. The second-order valence-corrected chi connectivity index (χ2v) is 5.09. The van der Waals surface area contributed by atoms with Gasteiger partial charge in [0.2, 0.25) is 5.91 Å². The number of methoxy groups -OCH3 is 1. The normalized spacial score (nSPS) is 10.6. The molecule has 0 bridgehead atoms. The third kappa shape index (κ3) is 8.95. The van der Waals surface area contributed by atoms with Crippen LogP contribution < -0.4 is 5.32 Å². The molecular weight excluding hydrogens is 278 g/mol. The highest BCUT2D eigenvalue weighted by molar-refractivity contribution is 5.76. The number of esters is 1. The number of allylic oxidation sites excluding steroid dienone is 1. The van der Waals surface area contributed by atoms with Gasteiger partial charge in [-0.05, 0) is 24.8 Å². The zero-order valence-electron chi connectivity index (χ0n) is 13.2. The van der Waals surface area contributed by atoms with Crippen LogP contribution in [0, 0.1) is 0 Å². The van der Waals surface area contributed by atoms with E-state index in [9.17, 15) is 9.59 Å². The molecule has 0 saturated carbocycles. The Labute approximate surface area is 132 Å². The predicted molar refractivity (Wildman–Crippen MR) is 88.2 cm³/mol. The summed E-state index contributed by atoms with van der Waals surface area (Å²) < 4.78 is 4.57. The molecule has 0 aliphatic rings. The summed E-state index contributed by atoms with van der Waals surface area (Å²) in [6, 6.07) is 10.0. The number of nitrogens with one attached hydrogen (secondary N) is 1. The molecule has 4 nitrogen and oxygen atoms in total. The molecule has 0 aromatic heterocycles. The fourth-order valence-corrected chi connectivity index (χ4v) is 1.99. The summed E-state index contributed by atoms with van der Waals surface area (Å²) >= 11 is 0. The molecule has 0 fully saturated rings. The van der Waals surface area contributed by atoms with Crippen LogP contribution in [0.4, 0.5) is 0 Å². The molecule has 1 rings (SSSR count). The highest BCUT2D eigenvalue weighted by atomic mass is 16.5. The SMILES string of the molecule is COC(=O)CCCCCNC(=O)CCC=Cc1ccccc1. The maximum atomic E-state index is 11.6. The van der Waals surface area contributed by atoms with Crippen molar-refractivity contribution in [3.05, 3.63) is 42.0 Å². The standard InChI is InChI=1S/C18H25NO3/c1-22-18(21)14-6-3-9-15-19-17(20)13-8-7-12-16-10-4-2-5-11-16/h2,4-5,7,10-12H,3,6,8-9,13-15H2,1H3,(H,19,20). The monoisotopic (exact) mass is 303 g/mol. The fraction of sp³-hybridized carbons (Fsp3) is 0.444. The Balaban J connectivity index is 2.00. The van der Waals surface area contributed by atoms with Crippen molar-refractivity contribution in [1.82, 2.24) is 5.32 Å². The average molecular weight is 303 g/mol. The lowest BCUT2D eigenvalue weighted by Crippen LogP contribution is -2.23. The van der Waals surface area contributed by atoms with Gasteiger partial charge in [0, 0.05) is 19.4 Å². The van der Waals surface area contributed by atoms with Gasteiger partial charge in [-0.2, -0.15) is 0 Å². The molecule has 0 radical (unpaired) electrons. The highest BCUT2D eigenvalue weighted by Gasteiger charge is 2.01. The average Bonchev–Trinajstić information content (AvgIpc) is 2.55. The van der Waals surface area contributed by atoms with Crippen LogP contribution in [0.2, 0.25) is 0 Å². The van der Waals surface area contributed by atoms with Crippen molar-refractivity contribution in [2.24, 2.45) is 0 Å². The Bertz CT molecular complexity index is 468. The number of ether oxygens (including phenoxy) is 1. The summed E-state index contributed by atoms with van der Waals surface area (Å²) in [5.74, 6) is -0.0973. The first kappa shape index (κ1) is 18.0. The van der Waals surface area contributed by atoms with E-state index in [1.807, 2.05) is 42.5 Å². The van der Waals surface area contributed by atoms with Crippen LogP contribution in [0.1, 0.15) is 44.1 Å². The van der Waals surface area contributed by atoms with E-state index in [0.29, 0.717) is 19.4 Å². The third-order valence-electron chi connectivity index (χ3n) is 3.26. The largest absolute Gasteiger partial charge is 0.469 e. The first-order valence-corrected chi connectivity index (χ1v) is 7.77. The number of carbonyl (C=O) groups is 2. The number of amides is 1. The zero-order valence-corrected chi connectivity index (χ0v) is 13.2. The maximum absolute atomic E-state index is 11.6. The lowest BCUT2D eigenvalue weighted by atomic mass is 10.2. The van der Waals surface area contributed by atoms with Crippen molar-refractivity contribution < 1.29 is 14.3 Å². The Hall–Kier alpha value is -2.10. The molecule has 0 saturated heterocycles. The second kappa shape index (κ2) is 11.5.